The number of hydrogen-bond donors (Lipinski definition) is 3. The summed E-state index contributed by atoms with van der Waals surface area (Å²) in [6.45, 7) is 3.78. The Hall–Kier alpha value is -0.920. The van der Waals surface area contributed by atoms with Gasteiger partial charge in [0.05, 0.1) is 25.1 Å². The summed E-state index contributed by atoms with van der Waals surface area (Å²) in [7, 11) is 0. The van der Waals surface area contributed by atoms with Crippen molar-refractivity contribution in [3.8, 4) is 0 Å². The van der Waals surface area contributed by atoms with Crippen molar-refractivity contribution in [3.05, 3.63) is 24.2 Å². The van der Waals surface area contributed by atoms with Crippen LogP contribution in [0.15, 0.2) is 22.8 Å². The van der Waals surface area contributed by atoms with Crippen molar-refractivity contribution < 1.29 is 24.1 Å². The zero-order chi connectivity index (χ0) is 14.4. The fourth-order valence-corrected chi connectivity index (χ4v) is 2.21. The van der Waals surface area contributed by atoms with Crippen LogP contribution in [-0.4, -0.2) is 54.3 Å². The summed E-state index contributed by atoms with van der Waals surface area (Å²) in [5.74, 6) is 0.733. The molecule has 20 heavy (non-hydrogen) atoms. The molecule has 2 rings (SSSR count). The lowest BCUT2D eigenvalue weighted by Gasteiger charge is -2.26. The highest BCUT2D eigenvalue weighted by Crippen LogP contribution is 2.24. The van der Waals surface area contributed by atoms with Crippen LogP contribution < -0.4 is 5.32 Å². The molecule has 1 aliphatic heterocycles. The Bertz CT molecular complexity index is 383. The van der Waals surface area contributed by atoms with Crippen molar-refractivity contribution in [2.45, 2.75) is 37.8 Å². The third-order valence-corrected chi connectivity index (χ3v) is 3.61. The Morgan fingerprint density at radius 2 is 2.45 bits per heavy atom. The number of ether oxygens (including phenoxy) is 2. The molecule has 0 spiro atoms. The van der Waals surface area contributed by atoms with Crippen molar-refractivity contribution in [1.29, 1.82) is 0 Å². The molecule has 1 aromatic heterocycles. The highest BCUT2D eigenvalue weighted by atomic mass is 16.5. The molecule has 1 saturated heterocycles. The number of hydrogen-bond acceptors (Lipinski definition) is 6. The zero-order valence-corrected chi connectivity index (χ0v) is 11.7. The molecule has 1 fully saturated rings. The van der Waals surface area contributed by atoms with E-state index in [1.165, 1.54) is 0 Å². The summed E-state index contributed by atoms with van der Waals surface area (Å²) >= 11 is 0. The van der Waals surface area contributed by atoms with E-state index in [9.17, 15) is 10.2 Å². The smallest absolute Gasteiger partial charge is 0.129 e. The molecule has 0 amide bonds. The first-order valence-corrected chi connectivity index (χ1v) is 6.93. The van der Waals surface area contributed by atoms with Crippen LogP contribution >= 0.6 is 0 Å². The van der Waals surface area contributed by atoms with Gasteiger partial charge >= 0.3 is 0 Å². The molecule has 6 nitrogen and oxygen atoms in total. The van der Waals surface area contributed by atoms with Gasteiger partial charge in [-0.1, -0.05) is 0 Å². The molecule has 6 heteroatoms. The molecule has 0 bridgehead atoms. The summed E-state index contributed by atoms with van der Waals surface area (Å²) < 4.78 is 15.8. The van der Waals surface area contributed by atoms with E-state index in [-0.39, 0.29) is 12.7 Å². The van der Waals surface area contributed by atoms with Crippen molar-refractivity contribution in [3.63, 3.8) is 0 Å². The van der Waals surface area contributed by atoms with Gasteiger partial charge < -0.3 is 29.4 Å². The topological polar surface area (TPSA) is 84.1 Å². The van der Waals surface area contributed by atoms with E-state index in [1.54, 1.807) is 12.3 Å². The van der Waals surface area contributed by atoms with Gasteiger partial charge in [0, 0.05) is 26.1 Å². The van der Waals surface area contributed by atoms with Crippen LogP contribution in [0.5, 0.6) is 0 Å². The maximum atomic E-state index is 10.3. The Balaban J connectivity index is 1.57. The van der Waals surface area contributed by atoms with E-state index < -0.39 is 11.7 Å². The molecule has 3 unspecified atom stereocenters. The lowest BCUT2D eigenvalue weighted by atomic mass is 9.97. The second-order valence-corrected chi connectivity index (χ2v) is 5.25. The number of aliphatic hydroxyl groups is 2. The SMILES string of the molecule is CC1OCCC1(O)CNCC(O)COCc1ccco1. The van der Waals surface area contributed by atoms with Crippen molar-refractivity contribution in [1.82, 2.24) is 5.32 Å². The van der Waals surface area contributed by atoms with Gasteiger partial charge in [0.1, 0.15) is 18.0 Å². The van der Waals surface area contributed by atoms with Crippen LogP contribution in [0.4, 0.5) is 0 Å². The van der Waals surface area contributed by atoms with Crippen LogP contribution in [0, 0.1) is 0 Å². The predicted octanol–water partition coefficient (Wildman–Crippen LogP) is 0.287. The van der Waals surface area contributed by atoms with Gasteiger partial charge in [-0.15, -0.1) is 0 Å². The minimum Gasteiger partial charge on any atom is -0.467 e. The standard InChI is InChI=1S/C14H23NO5/c1-11-14(17,4-6-19-11)10-15-7-12(16)8-18-9-13-3-2-5-20-13/h2-3,5,11-12,15-17H,4,6-10H2,1H3. The Morgan fingerprint density at radius 3 is 3.10 bits per heavy atom. The summed E-state index contributed by atoms with van der Waals surface area (Å²) in [6.07, 6.45) is 1.41. The molecule has 0 radical (unpaired) electrons. The highest BCUT2D eigenvalue weighted by molar-refractivity contribution is 4.96. The third kappa shape index (κ3) is 4.29. The average Bonchev–Trinajstić information content (AvgIpc) is 3.01. The van der Waals surface area contributed by atoms with E-state index in [4.69, 9.17) is 13.9 Å². The zero-order valence-electron chi connectivity index (χ0n) is 11.7. The normalized spacial score (nSPS) is 27.9. The molecule has 1 aliphatic rings. The Morgan fingerprint density at radius 1 is 1.60 bits per heavy atom. The maximum absolute atomic E-state index is 10.3. The van der Waals surface area contributed by atoms with Gasteiger partial charge in [-0.2, -0.15) is 0 Å². The first-order valence-electron chi connectivity index (χ1n) is 6.93. The molecule has 2 heterocycles. The molecule has 3 N–H and O–H groups in total. The highest BCUT2D eigenvalue weighted by Gasteiger charge is 2.39. The van der Waals surface area contributed by atoms with Gasteiger partial charge in [0.2, 0.25) is 0 Å². The monoisotopic (exact) mass is 285 g/mol. The largest absolute Gasteiger partial charge is 0.467 e. The lowest BCUT2D eigenvalue weighted by Crippen LogP contribution is -2.47. The van der Waals surface area contributed by atoms with Gasteiger partial charge in [-0.25, -0.2) is 0 Å². The van der Waals surface area contributed by atoms with Crippen molar-refractivity contribution in [2.24, 2.45) is 0 Å². The van der Waals surface area contributed by atoms with Crippen molar-refractivity contribution in [2.75, 3.05) is 26.3 Å². The molecule has 114 valence electrons. The molecule has 3 atom stereocenters. The first-order chi connectivity index (χ1) is 9.60. The van der Waals surface area contributed by atoms with Gasteiger partial charge in [-0.05, 0) is 19.1 Å². The fourth-order valence-electron chi connectivity index (χ4n) is 2.21. The third-order valence-electron chi connectivity index (χ3n) is 3.61. The molecule has 1 aromatic rings. The molecular formula is C14H23NO5. The lowest BCUT2D eigenvalue weighted by molar-refractivity contribution is -0.0298. The van der Waals surface area contributed by atoms with Gasteiger partial charge in [0.15, 0.2) is 0 Å². The van der Waals surface area contributed by atoms with Crippen LogP contribution in [0.2, 0.25) is 0 Å². The minimum atomic E-state index is -0.839. The van der Waals surface area contributed by atoms with Crippen LogP contribution in [-0.2, 0) is 16.1 Å². The maximum Gasteiger partial charge on any atom is 0.129 e. The predicted molar refractivity (Wildman–Crippen MR) is 72.2 cm³/mol. The quantitative estimate of drug-likeness (QED) is 0.636. The summed E-state index contributed by atoms with van der Waals surface area (Å²) in [6, 6.07) is 3.61. The number of furan rings is 1. The van der Waals surface area contributed by atoms with E-state index in [2.05, 4.69) is 5.32 Å². The molecular weight excluding hydrogens is 262 g/mol. The van der Waals surface area contributed by atoms with Gasteiger partial charge in [-0.3, -0.25) is 0 Å². The average molecular weight is 285 g/mol. The number of nitrogens with one attached hydrogen (secondary N) is 1. The number of aliphatic hydroxyl groups excluding tert-OH is 1. The first kappa shape index (κ1) is 15.5. The van der Waals surface area contributed by atoms with Crippen LogP contribution in [0.25, 0.3) is 0 Å². The van der Waals surface area contributed by atoms with E-state index >= 15 is 0 Å². The van der Waals surface area contributed by atoms with Crippen LogP contribution in [0.3, 0.4) is 0 Å². The van der Waals surface area contributed by atoms with E-state index in [0.717, 1.165) is 5.76 Å². The van der Waals surface area contributed by atoms with Crippen molar-refractivity contribution >= 4 is 0 Å². The summed E-state index contributed by atoms with van der Waals surface area (Å²) in [5.41, 5.74) is -0.839. The number of rotatable bonds is 8. The fraction of sp³-hybridized carbons (Fsp3) is 0.714. The summed E-state index contributed by atoms with van der Waals surface area (Å²) in [4.78, 5) is 0. The van der Waals surface area contributed by atoms with Crippen LogP contribution in [0.1, 0.15) is 19.1 Å². The van der Waals surface area contributed by atoms with E-state index in [0.29, 0.717) is 32.7 Å². The molecule has 0 saturated carbocycles. The Labute approximate surface area is 118 Å². The van der Waals surface area contributed by atoms with Gasteiger partial charge in [0.25, 0.3) is 0 Å². The molecule has 0 aromatic carbocycles. The second-order valence-electron chi connectivity index (χ2n) is 5.25. The minimum absolute atomic E-state index is 0.178. The summed E-state index contributed by atoms with van der Waals surface area (Å²) in [5, 5.41) is 23.1. The Kier molecular flexibility index (Phi) is 5.56. The van der Waals surface area contributed by atoms with E-state index in [1.807, 2.05) is 13.0 Å². The molecule has 0 aliphatic carbocycles. The second kappa shape index (κ2) is 7.19.